The molecule has 0 radical (unpaired) electrons. The number of aromatic amines is 1. The predicted molar refractivity (Wildman–Crippen MR) is 64.4 cm³/mol. The van der Waals surface area contributed by atoms with E-state index in [0.717, 1.165) is 0 Å². The van der Waals surface area contributed by atoms with Gasteiger partial charge >= 0.3 is 0 Å². The fourth-order valence-corrected chi connectivity index (χ4v) is 1.48. The Bertz CT molecular complexity index is 373. The van der Waals surface area contributed by atoms with E-state index in [4.69, 9.17) is 5.73 Å². The molecular formula is C12H19N3O2. The van der Waals surface area contributed by atoms with Crippen LogP contribution in [0.15, 0.2) is 12.4 Å². The molecule has 0 aliphatic carbocycles. The molecule has 0 saturated carbocycles. The lowest BCUT2D eigenvalue weighted by Crippen LogP contribution is -2.33. The summed E-state index contributed by atoms with van der Waals surface area (Å²) in [7, 11) is 0. The Balaban J connectivity index is 2.34. The number of aromatic nitrogens is 2. The lowest BCUT2D eigenvalue weighted by Gasteiger charge is -2.11. The number of hydrogen-bond donors (Lipinski definition) is 2. The fraction of sp³-hybridized carbons (Fsp3) is 0.583. The summed E-state index contributed by atoms with van der Waals surface area (Å²) in [6.07, 6.45) is 4.66. The van der Waals surface area contributed by atoms with Crippen LogP contribution < -0.4 is 5.73 Å². The van der Waals surface area contributed by atoms with Gasteiger partial charge in [0.15, 0.2) is 0 Å². The van der Waals surface area contributed by atoms with Crippen LogP contribution in [0.5, 0.6) is 0 Å². The number of Topliss-reactive ketones (excluding diaryl/α,β-unsaturated/α-hetero) is 2. The van der Waals surface area contributed by atoms with Gasteiger partial charge in [-0.25, -0.2) is 4.98 Å². The van der Waals surface area contributed by atoms with Crippen molar-refractivity contribution < 1.29 is 9.59 Å². The highest BCUT2D eigenvalue weighted by molar-refractivity contribution is 5.85. The molecule has 0 bridgehead atoms. The molecule has 0 spiro atoms. The molecule has 1 aromatic heterocycles. The third kappa shape index (κ3) is 4.48. The molecule has 5 nitrogen and oxygen atoms in total. The van der Waals surface area contributed by atoms with Crippen LogP contribution in [0.3, 0.4) is 0 Å². The highest BCUT2D eigenvalue weighted by atomic mass is 16.1. The van der Waals surface area contributed by atoms with Gasteiger partial charge < -0.3 is 10.7 Å². The van der Waals surface area contributed by atoms with Crippen molar-refractivity contribution in [3.8, 4) is 0 Å². The van der Waals surface area contributed by atoms with Crippen LogP contribution in [0.2, 0.25) is 0 Å². The standard InChI is InChI=1S/C12H19N3O2/c1-8(9(2)16)3-4-11(17)10(13)7-12-14-5-6-15-12/h5-6,8,10H,3-4,7,13H2,1-2H3,(H,14,15)/t8-,10+/m1/s1. The third-order valence-electron chi connectivity index (χ3n) is 2.90. The van der Waals surface area contributed by atoms with Gasteiger partial charge in [-0.2, -0.15) is 0 Å². The van der Waals surface area contributed by atoms with Gasteiger partial charge in [0.25, 0.3) is 0 Å². The number of imidazole rings is 1. The molecule has 1 aromatic rings. The smallest absolute Gasteiger partial charge is 0.150 e. The number of hydrogen-bond acceptors (Lipinski definition) is 4. The zero-order valence-electron chi connectivity index (χ0n) is 10.3. The van der Waals surface area contributed by atoms with Gasteiger partial charge in [0.05, 0.1) is 6.04 Å². The first-order valence-electron chi connectivity index (χ1n) is 5.77. The number of rotatable bonds is 7. The molecule has 2 atom stereocenters. The molecule has 0 unspecified atom stereocenters. The summed E-state index contributed by atoms with van der Waals surface area (Å²) in [6.45, 7) is 3.37. The van der Waals surface area contributed by atoms with Crippen molar-refractivity contribution in [3.05, 3.63) is 18.2 Å². The molecule has 0 aliphatic heterocycles. The highest BCUT2D eigenvalue weighted by Crippen LogP contribution is 2.08. The van der Waals surface area contributed by atoms with E-state index < -0.39 is 6.04 Å². The number of nitrogens with two attached hydrogens (primary N) is 1. The van der Waals surface area contributed by atoms with Crippen molar-refractivity contribution in [1.29, 1.82) is 0 Å². The van der Waals surface area contributed by atoms with E-state index in [-0.39, 0.29) is 17.5 Å². The average molecular weight is 237 g/mol. The number of carbonyl (C=O) groups is 2. The second kappa shape index (κ2) is 6.30. The van der Waals surface area contributed by atoms with Gasteiger partial charge in [-0.3, -0.25) is 9.59 Å². The maximum Gasteiger partial charge on any atom is 0.150 e. The van der Waals surface area contributed by atoms with Crippen LogP contribution in [-0.2, 0) is 16.0 Å². The normalized spacial score (nSPS) is 14.3. The Morgan fingerprint density at radius 3 is 2.76 bits per heavy atom. The number of ketones is 2. The van der Waals surface area contributed by atoms with Crippen LogP contribution in [0.1, 0.15) is 32.5 Å². The van der Waals surface area contributed by atoms with Gasteiger partial charge in [0.2, 0.25) is 0 Å². The fourth-order valence-electron chi connectivity index (χ4n) is 1.48. The molecule has 0 saturated heterocycles. The number of nitrogens with zero attached hydrogens (tertiary/aromatic N) is 1. The second-order valence-electron chi connectivity index (χ2n) is 4.36. The lowest BCUT2D eigenvalue weighted by atomic mass is 9.97. The number of carbonyl (C=O) groups excluding carboxylic acids is 2. The monoisotopic (exact) mass is 237 g/mol. The summed E-state index contributed by atoms with van der Waals surface area (Å²) < 4.78 is 0. The summed E-state index contributed by atoms with van der Waals surface area (Å²) in [5.41, 5.74) is 5.78. The molecule has 3 N–H and O–H groups in total. The van der Waals surface area contributed by atoms with Gasteiger partial charge in [-0.05, 0) is 13.3 Å². The van der Waals surface area contributed by atoms with Crippen molar-refractivity contribution in [1.82, 2.24) is 9.97 Å². The van der Waals surface area contributed by atoms with Crippen molar-refractivity contribution in [2.24, 2.45) is 11.7 Å². The first kappa shape index (κ1) is 13.6. The Morgan fingerprint density at radius 1 is 1.53 bits per heavy atom. The van der Waals surface area contributed by atoms with Crippen LogP contribution >= 0.6 is 0 Å². The van der Waals surface area contributed by atoms with E-state index in [9.17, 15) is 9.59 Å². The van der Waals surface area contributed by atoms with Crippen molar-refractivity contribution >= 4 is 11.6 Å². The quantitative estimate of drug-likeness (QED) is 0.736. The first-order chi connectivity index (χ1) is 8.00. The molecule has 17 heavy (non-hydrogen) atoms. The SMILES string of the molecule is CC(=O)[C@H](C)CCC(=O)[C@@H](N)Cc1ncc[nH]1. The molecule has 0 aliphatic rings. The number of H-pyrrole nitrogens is 1. The van der Waals surface area contributed by atoms with E-state index in [1.807, 2.05) is 6.92 Å². The molecule has 0 fully saturated rings. The Kier molecular flexibility index (Phi) is 5.03. The van der Waals surface area contributed by atoms with Crippen molar-refractivity contribution in [3.63, 3.8) is 0 Å². The van der Waals surface area contributed by atoms with Crippen molar-refractivity contribution in [2.75, 3.05) is 0 Å². The Morgan fingerprint density at radius 2 is 2.24 bits per heavy atom. The average Bonchev–Trinajstić information content (AvgIpc) is 2.77. The summed E-state index contributed by atoms with van der Waals surface area (Å²) >= 11 is 0. The number of nitrogens with one attached hydrogen (secondary N) is 1. The summed E-state index contributed by atoms with van der Waals surface area (Å²) in [4.78, 5) is 29.7. The second-order valence-corrected chi connectivity index (χ2v) is 4.36. The molecule has 5 heteroatoms. The summed E-state index contributed by atoms with van der Waals surface area (Å²) in [6, 6.07) is -0.541. The first-order valence-corrected chi connectivity index (χ1v) is 5.77. The van der Waals surface area contributed by atoms with E-state index in [1.165, 1.54) is 6.92 Å². The minimum absolute atomic E-state index is 0.0190. The highest BCUT2D eigenvalue weighted by Gasteiger charge is 2.17. The maximum atomic E-state index is 11.7. The van der Waals surface area contributed by atoms with Gasteiger partial charge in [-0.1, -0.05) is 6.92 Å². The van der Waals surface area contributed by atoms with Crippen LogP contribution in [0.4, 0.5) is 0 Å². The van der Waals surface area contributed by atoms with E-state index in [2.05, 4.69) is 9.97 Å². The van der Waals surface area contributed by atoms with Crippen LogP contribution in [-0.4, -0.2) is 27.6 Å². The molecule has 94 valence electrons. The minimum atomic E-state index is -0.541. The zero-order chi connectivity index (χ0) is 12.8. The van der Waals surface area contributed by atoms with Crippen LogP contribution in [0, 0.1) is 5.92 Å². The lowest BCUT2D eigenvalue weighted by molar-refractivity contribution is -0.122. The van der Waals surface area contributed by atoms with Gasteiger partial charge in [-0.15, -0.1) is 0 Å². The molecule has 0 amide bonds. The van der Waals surface area contributed by atoms with Crippen LogP contribution in [0.25, 0.3) is 0 Å². The van der Waals surface area contributed by atoms with Gasteiger partial charge in [0, 0.05) is 31.2 Å². The molecule has 1 heterocycles. The minimum Gasteiger partial charge on any atom is -0.349 e. The third-order valence-corrected chi connectivity index (χ3v) is 2.90. The van der Waals surface area contributed by atoms with E-state index in [1.54, 1.807) is 12.4 Å². The van der Waals surface area contributed by atoms with Gasteiger partial charge in [0.1, 0.15) is 17.4 Å². The zero-order valence-corrected chi connectivity index (χ0v) is 10.3. The van der Waals surface area contributed by atoms with E-state index >= 15 is 0 Å². The molecule has 1 rings (SSSR count). The Hall–Kier alpha value is -1.49. The predicted octanol–water partition coefficient (Wildman–Crippen LogP) is 0.854. The Labute approximate surface area is 101 Å². The van der Waals surface area contributed by atoms with E-state index in [0.29, 0.717) is 25.1 Å². The topological polar surface area (TPSA) is 88.8 Å². The molecule has 0 aromatic carbocycles. The molecular weight excluding hydrogens is 218 g/mol. The summed E-state index contributed by atoms with van der Waals surface area (Å²) in [5, 5.41) is 0. The van der Waals surface area contributed by atoms with Crippen molar-refractivity contribution in [2.45, 2.75) is 39.2 Å². The summed E-state index contributed by atoms with van der Waals surface area (Å²) in [5.74, 6) is 0.729. The largest absolute Gasteiger partial charge is 0.349 e. The maximum absolute atomic E-state index is 11.7.